The lowest BCUT2D eigenvalue weighted by Gasteiger charge is -2.37. The Bertz CT molecular complexity index is 738. The zero-order valence-corrected chi connectivity index (χ0v) is 24.1. The van der Waals surface area contributed by atoms with E-state index in [1.807, 2.05) is 20.8 Å². The molecule has 0 amide bonds. The third kappa shape index (κ3) is 10.2. The second-order valence-corrected chi connectivity index (χ2v) is 11.9. The van der Waals surface area contributed by atoms with Gasteiger partial charge < -0.3 is 14.9 Å². The van der Waals surface area contributed by atoms with Gasteiger partial charge in [-0.3, -0.25) is 4.79 Å². The van der Waals surface area contributed by atoms with Crippen LogP contribution < -0.4 is 0 Å². The molecule has 1 rings (SSSR count). The average Bonchev–Trinajstić information content (AvgIpc) is 3.07. The molecule has 0 spiro atoms. The highest BCUT2D eigenvalue weighted by Gasteiger charge is 2.45. The number of aliphatic hydroxyl groups excluding tert-OH is 1. The van der Waals surface area contributed by atoms with Crippen LogP contribution >= 0.6 is 0 Å². The van der Waals surface area contributed by atoms with Crippen molar-refractivity contribution >= 4 is 5.97 Å². The van der Waals surface area contributed by atoms with Crippen molar-refractivity contribution in [2.24, 2.45) is 29.1 Å². The lowest BCUT2D eigenvalue weighted by atomic mass is 9.68. The van der Waals surface area contributed by atoms with Crippen molar-refractivity contribution in [2.45, 2.75) is 119 Å². The maximum atomic E-state index is 11.2. The van der Waals surface area contributed by atoms with Gasteiger partial charge in [0.2, 0.25) is 0 Å². The van der Waals surface area contributed by atoms with Gasteiger partial charge in [0.15, 0.2) is 0 Å². The van der Waals surface area contributed by atoms with Gasteiger partial charge in [0.1, 0.15) is 0 Å². The zero-order chi connectivity index (χ0) is 26.8. The molecule has 1 fully saturated rings. The molecule has 0 aromatic carbocycles. The third-order valence-electron chi connectivity index (χ3n) is 8.29. The number of ether oxygens (including phenoxy) is 1. The van der Waals surface area contributed by atoms with Gasteiger partial charge in [-0.15, -0.1) is 0 Å². The first kappa shape index (κ1) is 31.6. The van der Waals surface area contributed by atoms with Gasteiger partial charge in [0, 0.05) is 19.3 Å². The van der Waals surface area contributed by atoms with Crippen molar-refractivity contribution in [3.05, 3.63) is 35.5 Å². The van der Waals surface area contributed by atoms with Crippen LogP contribution in [0.5, 0.6) is 0 Å². The van der Waals surface area contributed by atoms with Gasteiger partial charge in [-0.25, -0.2) is 0 Å². The summed E-state index contributed by atoms with van der Waals surface area (Å²) in [6.07, 6.45) is 15.2. The molecule has 4 heteroatoms. The monoisotopic (exact) mass is 490 g/mol. The van der Waals surface area contributed by atoms with Gasteiger partial charge in [0.05, 0.1) is 18.3 Å². The Morgan fingerprint density at radius 2 is 1.77 bits per heavy atom. The number of rotatable bonds is 14. The zero-order valence-electron chi connectivity index (χ0n) is 24.1. The molecule has 0 unspecified atom stereocenters. The van der Waals surface area contributed by atoms with E-state index in [-0.39, 0.29) is 23.4 Å². The second kappa shape index (κ2) is 14.4. The molecule has 1 aliphatic rings. The minimum atomic E-state index is -0.703. The van der Waals surface area contributed by atoms with Gasteiger partial charge >= 0.3 is 5.97 Å². The van der Waals surface area contributed by atoms with Gasteiger partial charge in [-0.2, -0.15) is 0 Å². The Balaban J connectivity index is 3.11. The van der Waals surface area contributed by atoms with Crippen LogP contribution in [-0.4, -0.2) is 34.5 Å². The highest BCUT2D eigenvalue weighted by molar-refractivity contribution is 5.65. The smallest absolute Gasteiger partial charge is 0.302 e. The van der Waals surface area contributed by atoms with E-state index in [0.29, 0.717) is 43.6 Å². The van der Waals surface area contributed by atoms with Crippen LogP contribution in [0.25, 0.3) is 0 Å². The molecule has 0 saturated heterocycles. The normalized spacial score (nSPS) is 24.0. The first-order valence-corrected chi connectivity index (χ1v) is 13.8. The average molecular weight is 491 g/mol. The molecule has 1 saturated carbocycles. The van der Waals surface area contributed by atoms with Crippen LogP contribution in [0.1, 0.15) is 107 Å². The first-order valence-electron chi connectivity index (χ1n) is 13.8. The Morgan fingerprint density at radius 3 is 2.31 bits per heavy atom. The summed E-state index contributed by atoms with van der Waals surface area (Å²) in [4.78, 5) is 11.2. The van der Waals surface area contributed by atoms with E-state index in [0.717, 1.165) is 18.4 Å². The van der Waals surface area contributed by atoms with E-state index in [4.69, 9.17) is 4.74 Å². The van der Waals surface area contributed by atoms with Crippen molar-refractivity contribution in [2.75, 3.05) is 6.61 Å². The summed E-state index contributed by atoms with van der Waals surface area (Å²) in [5, 5.41) is 20.5. The predicted molar refractivity (Wildman–Crippen MR) is 147 cm³/mol. The van der Waals surface area contributed by atoms with E-state index >= 15 is 0 Å². The van der Waals surface area contributed by atoms with Crippen molar-refractivity contribution in [1.29, 1.82) is 0 Å². The quantitative estimate of drug-likeness (QED) is 0.151. The number of aliphatic hydroxyl groups is 2. The standard InChI is InChI=1S/C31H54O4/c1-10-12-26(16-15-25(21-27(33)11-2)19-20-35-24(5)32)29-18-17-28(30(29,6)7)22(3)13-14-23(4)31(8,9)34/h13-16,22-23,27-29,33-34H,10-12,17-21H2,1-9H3/b14-13+,25-15+,26-16+/t22-,23+,27+,28-,29+/m1/s1. The van der Waals surface area contributed by atoms with E-state index < -0.39 is 5.60 Å². The topological polar surface area (TPSA) is 66.8 Å². The maximum absolute atomic E-state index is 11.2. The lowest BCUT2D eigenvalue weighted by Crippen LogP contribution is -2.30. The molecule has 0 radical (unpaired) electrons. The third-order valence-corrected chi connectivity index (χ3v) is 8.29. The van der Waals surface area contributed by atoms with Crippen LogP contribution in [0.15, 0.2) is 35.5 Å². The van der Waals surface area contributed by atoms with Crippen LogP contribution in [-0.2, 0) is 9.53 Å². The van der Waals surface area contributed by atoms with Crippen LogP contribution in [0.2, 0.25) is 0 Å². The second-order valence-electron chi connectivity index (χ2n) is 11.9. The molecule has 0 heterocycles. The molecule has 202 valence electrons. The summed E-state index contributed by atoms with van der Waals surface area (Å²) in [6, 6.07) is 0. The van der Waals surface area contributed by atoms with Crippen molar-refractivity contribution in [1.82, 2.24) is 0 Å². The Hall–Kier alpha value is -1.39. The van der Waals surface area contributed by atoms with Crippen LogP contribution in [0.4, 0.5) is 0 Å². The van der Waals surface area contributed by atoms with Crippen LogP contribution in [0, 0.1) is 29.1 Å². The van der Waals surface area contributed by atoms with Crippen molar-refractivity contribution < 1.29 is 19.7 Å². The number of allylic oxidation sites excluding steroid dienone is 4. The largest absolute Gasteiger partial charge is 0.466 e. The first-order chi connectivity index (χ1) is 16.2. The molecule has 5 atom stereocenters. The van der Waals surface area contributed by atoms with E-state index in [2.05, 4.69) is 58.9 Å². The summed E-state index contributed by atoms with van der Waals surface area (Å²) in [7, 11) is 0. The summed E-state index contributed by atoms with van der Waals surface area (Å²) in [5.74, 6) is 1.43. The van der Waals surface area contributed by atoms with E-state index in [1.54, 1.807) is 0 Å². The highest BCUT2D eigenvalue weighted by atomic mass is 16.5. The minimum Gasteiger partial charge on any atom is -0.466 e. The van der Waals surface area contributed by atoms with Gasteiger partial charge in [0.25, 0.3) is 0 Å². The lowest BCUT2D eigenvalue weighted by molar-refractivity contribution is -0.140. The Kier molecular flexibility index (Phi) is 13.0. The van der Waals surface area contributed by atoms with Crippen molar-refractivity contribution in [3.63, 3.8) is 0 Å². The SMILES string of the molecule is CCC/C(=C\C=C(/CCOC(C)=O)C[C@@H](O)CC)[C@@H]1CC[C@H]([C@H](C)/C=C/[C@H](C)C(C)(C)O)C1(C)C. The van der Waals surface area contributed by atoms with E-state index in [9.17, 15) is 15.0 Å². The molecule has 0 aromatic heterocycles. The summed E-state index contributed by atoms with van der Waals surface area (Å²) >= 11 is 0. The molecule has 0 aromatic rings. The molecule has 2 N–H and O–H groups in total. The van der Waals surface area contributed by atoms with Crippen LogP contribution in [0.3, 0.4) is 0 Å². The number of carbonyl (C=O) groups excluding carboxylic acids is 1. The summed E-state index contributed by atoms with van der Waals surface area (Å²) in [5.41, 5.74) is 2.11. The van der Waals surface area contributed by atoms with Crippen molar-refractivity contribution in [3.8, 4) is 0 Å². The Morgan fingerprint density at radius 1 is 1.11 bits per heavy atom. The molecule has 0 aliphatic heterocycles. The number of carbonyl (C=O) groups is 1. The van der Waals surface area contributed by atoms with Gasteiger partial charge in [-0.05, 0) is 69.1 Å². The fourth-order valence-corrected chi connectivity index (χ4v) is 5.58. The Labute approximate surface area is 215 Å². The summed E-state index contributed by atoms with van der Waals surface area (Å²) in [6.45, 7) is 19.0. The molecular formula is C31H54O4. The number of esters is 1. The maximum Gasteiger partial charge on any atom is 0.302 e. The predicted octanol–water partition coefficient (Wildman–Crippen LogP) is 7.41. The summed E-state index contributed by atoms with van der Waals surface area (Å²) < 4.78 is 5.17. The number of hydrogen-bond donors (Lipinski definition) is 2. The fourth-order valence-electron chi connectivity index (χ4n) is 5.58. The number of hydrogen-bond acceptors (Lipinski definition) is 4. The minimum absolute atomic E-state index is 0.120. The molecule has 4 nitrogen and oxygen atoms in total. The molecular weight excluding hydrogens is 436 g/mol. The highest BCUT2D eigenvalue weighted by Crippen LogP contribution is 2.54. The molecule has 35 heavy (non-hydrogen) atoms. The fraction of sp³-hybridized carbons (Fsp3) is 0.774. The molecule has 1 aliphatic carbocycles. The molecule has 0 bridgehead atoms. The van der Waals surface area contributed by atoms with Gasteiger partial charge in [-0.1, -0.05) is 83.4 Å². The van der Waals surface area contributed by atoms with E-state index in [1.165, 1.54) is 25.3 Å².